The van der Waals surface area contributed by atoms with Crippen molar-refractivity contribution in [2.75, 3.05) is 13.1 Å². The van der Waals surface area contributed by atoms with Crippen molar-refractivity contribution in [3.63, 3.8) is 0 Å². The van der Waals surface area contributed by atoms with Gasteiger partial charge in [0.15, 0.2) is 5.95 Å². The number of hydrogen-bond donors (Lipinski definition) is 0. The van der Waals surface area contributed by atoms with Crippen LogP contribution >= 0.6 is 0 Å². The molecule has 1 aromatic rings. The standard InChI is InChI=1S/C12H18N6O/c1-2-3-10-8-11(19)18(9-10)7-6-17-5-4-14-12(17)15-16-13/h4-5,10H,2-3,6-9H2,1H3. The highest BCUT2D eigenvalue weighted by Crippen LogP contribution is 2.22. The van der Waals surface area contributed by atoms with Crippen molar-refractivity contribution in [2.24, 2.45) is 11.0 Å². The van der Waals surface area contributed by atoms with Crippen molar-refractivity contribution in [3.8, 4) is 0 Å². The Labute approximate surface area is 111 Å². The predicted molar refractivity (Wildman–Crippen MR) is 70.6 cm³/mol. The van der Waals surface area contributed by atoms with Crippen molar-refractivity contribution >= 4 is 11.9 Å². The molecule has 2 rings (SSSR count). The first-order valence-electron chi connectivity index (χ1n) is 6.58. The molecule has 1 saturated heterocycles. The lowest BCUT2D eigenvalue weighted by atomic mass is 10.0. The molecule has 1 unspecified atom stereocenters. The number of carbonyl (C=O) groups is 1. The summed E-state index contributed by atoms with van der Waals surface area (Å²) in [4.78, 5) is 20.4. The van der Waals surface area contributed by atoms with Crippen LogP contribution in [0.15, 0.2) is 17.5 Å². The van der Waals surface area contributed by atoms with Gasteiger partial charge in [-0.25, -0.2) is 4.98 Å². The van der Waals surface area contributed by atoms with Gasteiger partial charge in [0.2, 0.25) is 5.91 Å². The summed E-state index contributed by atoms with van der Waals surface area (Å²) in [6, 6.07) is 0. The molecule has 0 saturated carbocycles. The number of carbonyl (C=O) groups excluding carboxylic acids is 1. The topological polar surface area (TPSA) is 86.9 Å². The van der Waals surface area contributed by atoms with E-state index in [1.165, 1.54) is 0 Å². The first kappa shape index (κ1) is 13.4. The van der Waals surface area contributed by atoms with Crippen LogP contribution in [0.3, 0.4) is 0 Å². The molecule has 0 radical (unpaired) electrons. The summed E-state index contributed by atoms with van der Waals surface area (Å²) >= 11 is 0. The summed E-state index contributed by atoms with van der Waals surface area (Å²) in [5.74, 6) is 1.07. The summed E-state index contributed by atoms with van der Waals surface area (Å²) < 4.78 is 1.76. The van der Waals surface area contributed by atoms with Crippen LogP contribution in [-0.4, -0.2) is 33.4 Å². The molecular formula is C12H18N6O. The molecule has 1 aliphatic rings. The third kappa shape index (κ3) is 3.26. The molecule has 0 aliphatic carbocycles. The van der Waals surface area contributed by atoms with Gasteiger partial charge in [0.1, 0.15) is 0 Å². The Morgan fingerprint density at radius 3 is 3.16 bits per heavy atom. The molecule has 2 heterocycles. The first-order valence-corrected chi connectivity index (χ1v) is 6.58. The second kappa shape index (κ2) is 6.24. The fraction of sp³-hybridized carbons (Fsp3) is 0.667. The van der Waals surface area contributed by atoms with Crippen LogP contribution in [0.2, 0.25) is 0 Å². The number of imidazole rings is 1. The molecule has 0 aromatic carbocycles. The highest BCUT2D eigenvalue weighted by atomic mass is 16.2. The van der Waals surface area contributed by atoms with Crippen molar-refractivity contribution in [2.45, 2.75) is 32.7 Å². The highest BCUT2D eigenvalue weighted by molar-refractivity contribution is 5.78. The number of hydrogen-bond acceptors (Lipinski definition) is 3. The average molecular weight is 262 g/mol. The van der Waals surface area contributed by atoms with Gasteiger partial charge in [-0.15, -0.1) is 0 Å². The maximum atomic E-state index is 11.8. The number of amides is 1. The van der Waals surface area contributed by atoms with E-state index in [2.05, 4.69) is 21.9 Å². The maximum absolute atomic E-state index is 11.8. The SMILES string of the molecule is CCCC1CC(=O)N(CCn2ccnc2N=[N+]=[N-])C1. The number of nitrogens with zero attached hydrogens (tertiary/aromatic N) is 6. The third-order valence-electron chi connectivity index (χ3n) is 3.43. The van der Waals surface area contributed by atoms with E-state index in [-0.39, 0.29) is 5.91 Å². The Morgan fingerprint density at radius 1 is 1.58 bits per heavy atom. The zero-order valence-electron chi connectivity index (χ0n) is 11.1. The van der Waals surface area contributed by atoms with Crippen molar-refractivity contribution in [3.05, 3.63) is 22.8 Å². The monoisotopic (exact) mass is 262 g/mol. The van der Waals surface area contributed by atoms with Crippen LogP contribution in [0.1, 0.15) is 26.2 Å². The maximum Gasteiger partial charge on any atom is 0.222 e. The molecule has 7 heteroatoms. The zero-order valence-corrected chi connectivity index (χ0v) is 11.1. The summed E-state index contributed by atoms with van der Waals surface area (Å²) in [5, 5.41) is 3.50. The Kier molecular flexibility index (Phi) is 4.41. The minimum absolute atomic E-state index is 0.226. The molecule has 1 amide bonds. The molecule has 7 nitrogen and oxygen atoms in total. The molecule has 19 heavy (non-hydrogen) atoms. The lowest BCUT2D eigenvalue weighted by Crippen LogP contribution is -2.28. The zero-order chi connectivity index (χ0) is 13.7. The number of rotatable bonds is 6. The summed E-state index contributed by atoms with van der Waals surface area (Å²) in [6.07, 6.45) is 6.25. The van der Waals surface area contributed by atoms with E-state index in [0.29, 0.717) is 31.4 Å². The van der Waals surface area contributed by atoms with Crippen molar-refractivity contribution in [1.29, 1.82) is 0 Å². The lowest BCUT2D eigenvalue weighted by molar-refractivity contribution is -0.127. The van der Waals surface area contributed by atoms with Gasteiger partial charge < -0.3 is 9.47 Å². The first-order chi connectivity index (χ1) is 9.24. The molecule has 1 aliphatic heterocycles. The summed E-state index contributed by atoms with van der Waals surface area (Å²) in [7, 11) is 0. The van der Waals surface area contributed by atoms with Gasteiger partial charge in [-0.05, 0) is 23.0 Å². The molecule has 102 valence electrons. The van der Waals surface area contributed by atoms with Crippen LogP contribution in [0, 0.1) is 5.92 Å². The smallest absolute Gasteiger partial charge is 0.222 e. The van der Waals surface area contributed by atoms with E-state index in [0.717, 1.165) is 19.4 Å². The van der Waals surface area contributed by atoms with E-state index < -0.39 is 0 Å². The third-order valence-corrected chi connectivity index (χ3v) is 3.43. The molecule has 1 fully saturated rings. The second-order valence-corrected chi connectivity index (χ2v) is 4.81. The molecule has 0 bridgehead atoms. The van der Waals surface area contributed by atoms with Crippen LogP contribution in [-0.2, 0) is 11.3 Å². The van der Waals surface area contributed by atoms with Gasteiger partial charge in [0.25, 0.3) is 0 Å². The Bertz CT molecular complexity index is 490. The predicted octanol–water partition coefficient (Wildman–Crippen LogP) is 2.47. The van der Waals surface area contributed by atoms with Crippen molar-refractivity contribution in [1.82, 2.24) is 14.5 Å². The fourth-order valence-corrected chi connectivity index (χ4v) is 2.52. The van der Waals surface area contributed by atoms with Crippen molar-refractivity contribution < 1.29 is 4.79 Å². The van der Waals surface area contributed by atoms with Gasteiger partial charge >= 0.3 is 0 Å². The molecule has 1 atom stereocenters. The van der Waals surface area contributed by atoms with Crippen LogP contribution in [0.5, 0.6) is 0 Å². The van der Waals surface area contributed by atoms with Gasteiger partial charge in [-0.1, -0.05) is 13.3 Å². The minimum Gasteiger partial charge on any atom is -0.341 e. The van der Waals surface area contributed by atoms with E-state index in [1.54, 1.807) is 17.0 Å². The van der Waals surface area contributed by atoms with Gasteiger partial charge in [-0.2, -0.15) is 0 Å². The largest absolute Gasteiger partial charge is 0.341 e. The minimum atomic E-state index is 0.226. The summed E-state index contributed by atoms with van der Waals surface area (Å²) in [5.41, 5.74) is 8.42. The fourth-order valence-electron chi connectivity index (χ4n) is 2.52. The lowest BCUT2D eigenvalue weighted by Gasteiger charge is -2.17. The quantitative estimate of drug-likeness (QED) is 0.448. The molecule has 0 spiro atoms. The number of likely N-dealkylation sites (tertiary alicyclic amines) is 1. The second-order valence-electron chi connectivity index (χ2n) is 4.81. The number of aromatic nitrogens is 2. The van der Waals surface area contributed by atoms with Gasteiger partial charge in [-0.3, -0.25) is 4.79 Å². The Morgan fingerprint density at radius 2 is 2.42 bits per heavy atom. The Balaban J connectivity index is 1.90. The number of azide groups is 1. The summed E-state index contributed by atoms with van der Waals surface area (Å²) in [6.45, 7) is 4.24. The average Bonchev–Trinajstić information content (AvgIpc) is 2.95. The van der Waals surface area contributed by atoms with Crippen LogP contribution < -0.4 is 0 Å². The van der Waals surface area contributed by atoms with Crippen LogP contribution in [0.25, 0.3) is 10.4 Å². The normalized spacial score (nSPS) is 18.7. The van der Waals surface area contributed by atoms with E-state index >= 15 is 0 Å². The molecular weight excluding hydrogens is 244 g/mol. The van der Waals surface area contributed by atoms with E-state index in [4.69, 9.17) is 5.53 Å². The van der Waals surface area contributed by atoms with E-state index in [1.807, 2.05) is 4.90 Å². The van der Waals surface area contributed by atoms with Gasteiger partial charge in [0.05, 0.1) is 0 Å². The van der Waals surface area contributed by atoms with E-state index in [9.17, 15) is 4.79 Å². The Hall–Kier alpha value is -2.01. The molecule has 0 N–H and O–H groups in total. The highest BCUT2D eigenvalue weighted by Gasteiger charge is 2.28. The van der Waals surface area contributed by atoms with Crippen LogP contribution in [0.4, 0.5) is 5.95 Å². The molecule has 1 aromatic heterocycles. The van der Waals surface area contributed by atoms with Gasteiger partial charge in [0, 0.05) is 43.4 Å².